The van der Waals surface area contributed by atoms with Crippen molar-refractivity contribution in [2.45, 2.75) is 143 Å². The summed E-state index contributed by atoms with van der Waals surface area (Å²) in [6, 6.07) is 42.4. The van der Waals surface area contributed by atoms with Crippen LogP contribution in [-0.2, 0) is 27.1 Å². The van der Waals surface area contributed by atoms with Gasteiger partial charge in [0.05, 0.1) is 11.3 Å². The van der Waals surface area contributed by atoms with Crippen molar-refractivity contribution in [3.8, 4) is 11.1 Å². The minimum atomic E-state index is -0.105. The molecule has 11 rings (SSSR count). The summed E-state index contributed by atoms with van der Waals surface area (Å²) in [5.41, 5.74) is 24.3. The zero-order chi connectivity index (χ0) is 45.0. The highest BCUT2D eigenvalue weighted by Gasteiger charge is 2.50. The van der Waals surface area contributed by atoms with E-state index in [2.05, 4.69) is 209 Å². The predicted octanol–water partition coefficient (Wildman–Crippen LogP) is 14.8. The van der Waals surface area contributed by atoms with Crippen LogP contribution < -0.4 is 26.4 Å². The molecule has 0 atom stereocenters. The molecule has 0 saturated heterocycles. The first-order valence-electron chi connectivity index (χ1n) is 24.0. The molecule has 324 valence electrons. The second-order valence-corrected chi connectivity index (χ2v) is 23.7. The molecule has 4 heteroatoms. The largest absolute Gasteiger partial charge is 0.468 e. The lowest BCUT2D eigenvalue weighted by Crippen LogP contribution is -2.61. The Bertz CT molecular complexity index is 3060. The molecule has 0 amide bonds. The van der Waals surface area contributed by atoms with Gasteiger partial charge in [0.15, 0.2) is 0 Å². The number of anilines is 6. The molecule has 0 radical (unpaired) electrons. The molecule has 7 aromatic rings. The molecule has 0 bridgehead atoms. The molecule has 2 aliphatic carbocycles. The Morgan fingerprint density at radius 1 is 0.531 bits per heavy atom. The van der Waals surface area contributed by atoms with Crippen LogP contribution in [0.3, 0.4) is 0 Å². The molecular formula is C60H65BN2O. The Kier molecular flexibility index (Phi) is 8.72. The van der Waals surface area contributed by atoms with E-state index in [4.69, 9.17) is 4.42 Å². The average Bonchev–Trinajstić information content (AvgIpc) is 3.62. The summed E-state index contributed by atoms with van der Waals surface area (Å²) in [5.74, 6) is 0. The summed E-state index contributed by atoms with van der Waals surface area (Å²) >= 11 is 0. The van der Waals surface area contributed by atoms with Gasteiger partial charge < -0.3 is 14.2 Å². The van der Waals surface area contributed by atoms with E-state index in [1.165, 1.54) is 101 Å². The summed E-state index contributed by atoms with van der Waals surface area (Å²) in [5, 5.41) is 1.21. The second-order valence-electron chi connectivity index (χ2n) is 23.7. The number of benzene rings is 6. The Morgan fingerprint density at radius 2 is 1.09 bits per heavy atom. The number of nitrogens with zero attached hydrogens (tertiary/aromatic N) is 2. The highest BCUT2D eigenvalue weighted by atomic mass is 16.3. The average molecular weight is 841 g/mol. The van der Waals surface area contributed by atoms with E-state index in [-0.39, 0.29) is 33.8 Å². The molecule has 0 fully saturated rings. The Balaban J connectivity index is 1.28. The van der Waals surface area contributed by atoms with Crippen LogP contribution in [0.4, 0.5) is 34.1 Å². The van der Waals surface area contributed by atoms with Gasteiger partial charge in [-0.3, -0.25) is 0 Å². The fourth-order valence-electron chi connectivity index (χ4n) is 12.0. The van der Waals surface area contributed by atoms with Gasteiger partial charge in [0.2, 0.25) is 0 Å². The van der Waals surface area contributed by atoms with Gasteiger partial charge in [-0.2, -0.15) is 0 Å². The molecule has 0 N–H and O–H groups in total. The maximum absolute atomic E-state index is 7.63. The number of hydrogen-bond acceptors (Lipinski definition) is 3. The number of hydrogen-bond donors (Lipinski definition) is 0. The molecule has 1 aromatic heterocycles. The molecule has 4 aliphatic rings. The number of fused-ring (bicyclic) bond motifs is 8. The highest BCUT2D eigenvalue weighted by molar-refractivity contribution is 7.00. The molecular weight excluding hydrogens is 775 g/mol. The van der Waals surface area contributed by atoms with Crippen molar-refractivity contribution in [1.29, 1.82) is 0 Å². The van der Waals surface area contributed by atoms with Crippen molar-refractivity contribution < 1.29 is 4.42 Å². The number of rotatable bonds is 3. The van der Waals surface area contributed by atoms with Gasteiger partial charge in [0.1, 0.15) is 5.58 Å². The van der Waals surface area contributed by atoms with Crippen molar-refractivity contribution in [2.75, 3.05) is 9.80 Å². The van der Waals surface area contributed by atoms with Crippen LogP contribution in [0.5, 0.6) is 0 Å². The lowest BCUT2D eigenvalue weighted by molar-refractivity contribution is 0.332. The fourth-order valence-corrected chi connectivity index (χ4v) is 12.0. The Labute approximate surface area is 383 Å². The van der Waals surface area contributed by atoms with E-state index in [1.54, 1.807) is 0 Å². The standard InChI is InChI=1S/C60H65BN2O/c1-36-29-50-53-51(30-36)63(48-31-39(20-19-37(48)2)38-17-15-14-16-18-38)54-42-32-43-46(60(12,13)28-25-57(43,6)7)35-52(42)64-55(54)61(53)47-33-44-45(59(10,11)27-26-58(44,8)9)34-49(47)62(50)41-23-21-40(22-24-41)56(3,4)5/h14-24,29-35H,25-28H2,1-13H3. The van der Waals surface area contributed by atoms with Crippen LogP contribution in [0.2, 0.25) is 0 Å². The van der Waals surface area contributed by atoms with Crippen molar-refractivity contribution in [3.63, 3.8) is 0 Å². The minimum Gasteiger partial charge on any atom is -0.468 e. The summed E-state index contributed by atoms with van der Waals surface area (Å²) in [6.45, 7) is 31.0. The van der Waals surface area contributed by atoms with Crippen LogP contribution >= 0.6 is 0 Å². The van der Waals surface area contributed by atoms with Gasteiger partial charge in [-0.15, -0.1) is 0 Å². The molecule has 3 heterocycles. The number of aryl methyl sites for hydroxylation is 2. The van der Waals surface area contributed by atoms with Gasteiger partial charge in [0, 0.05) is 33.8 Å². The molecule has 6 aromatic carbocycles. The van der Waals surface area contributed by atoms with Crippen LogP contribution in [0.1, 0.15) is 141 Å². The summed E-state index contributed by atoms with van der Waals surface area (Å²) in [4.78, 5) is 5.21. The summed E-state index contributed by atoms with van der Waals surface area (Å²) < 4.78 is 7.63. The first kappa shape index (κ1) is 41.2. The third kappa shape index (κ3) is 6.06. The lowest BCUT2D eigenvalue weighted by Gasteiger charge is -2.46. The zero-order valence-corrected chi connectivity index (χ0v) is 40.6. The Hall–Kier alpha value is -5.48. The van der Waals surface area contributed by atoms with Crippen LogP contribution in [0.25, 0.3) is 22.1 Å². The molecule has 3 nitrogen and oxygen atoms in total. The van der Waals surface area contributed by atoms with Gasteiger partial charge in [0.25, 0.3) is 6.71 Å². The van der Waals surface area contributed by atoms with Crippen LogP contribution in [-0.4, -0.2) is 6.71 Å². The maximum atomic E-state index is 7.63. The van der Waals surface area contributed by atoms with E-state index in [0.29, 0.717) is 0 Å². The van der Waals surface area contributed by atoms with Crippen LogP contribution in [0.15, 0.2) is 114 Å². The monoisotopic (exact) mass is 841 g/mol. The molecule has 64 heavy (non-hydrogen) atoms. The van der Waals surface area contributed by atoms with E-state index >= 15 is 0 Å². The summed E-state index contributed by atoms with van der Waals surface area (Å²) in [7, 11) is 0. The lowest BCUT2D eigenvalue weighted by atomic mass is 9.35. The van der Waals surface area contributed by atoms with Crippen molar-refractivity contribution in [3.05, 3.63) is 148 Å². The van der Waals surface area contributed by atoms with Gasteiger partial charge in [-0.25, -0.2) is 0 Å². The normalized spacial score (nSPS) is 18.5. The fraction of sp³-hybridized carbons (Fsp3) is 0.367. The van der Waals surface area contributed by atoms with E-state index in [9.17, 15) is 0 Å². The zero-order valence-electron chi connectivity index (χ0n) is 40.6. The van der Waals surface area contributed by atoms with Crippen molar-refractivity contribution in [2.24, 2.45) is 0 Å². The van der Waals surface area contributed by atoms with E-state index in [1.807, 2.05) is 0 Å². The predicted molar refractivity (Wildman–Crippen MR) is 274 cm³/mol. The topological polar surface area (TPSA) is 19.6 Å². The van der Waals surface area contributed by atoms with Gasteiger partial charge in [-0.1, -0.05) is 137 Å². The molecule has 0 unspecified atom stereocenters. The quantitative estimate of drug-likeness (QED) is 0.165. The van der Waals surface area contributed by atoms with E-state index < -0.39 is 0 Å². The first-order valence-corrected chi connectivity index (χ1v) is 24.0. The highest BCUT2D eigenvalue weighted by Crippen LogP contribution is 2.54. The number of furan rings is 1. The van der Waals surface area contributed by atoms with Crippen molar-refractivity contribution >= 4 is 68.4 Å². The molecule has 2 aliphatic heterocycles. The van der Waals surface area contributed by atoms with Gasteiger partial charge in [-0.05, 0) is 176 Å². The van der Waals surface area contributed by atoms with Gasteiger partial charge >= 0.3 is 0 Å². The summed E-state index contributed by atoms with van der Waals surface area (Å²) in [6.07, 6.45) is 4.64. The second kappa shape index (κ2) is 13.5. The molecule has 0 spiro atoms. The third-order valence-corrected chi connectivity index (χ3v) is 16.3. The Morgan fingerprint density at radius 3 is 1.70 bits per heavy atom. The smallest absolute Gasteiger partial charge is 0.297 e. The molecule has 0 saturated carbocycles. The SMILES string of the molecule is Cc1cc2c3c(c1)N(c1cc(-c4ccccc4)ccc1C)c1c(oc4cc5c(cc14)C(C)(C)CCC5(C)C)B3c1cc3c(cc1N2c1ccc(C(C)(C)C)cc1)C(C)(C)CCC3(C)C. The van der Waals surface area contributed by atoms with E-state index in [0.717, 1.165) is 36.9 Å². The third-order valence-electron chi connectivity index (χ3n) is 16.3. The first-order chi connectivity index (χ1) is 30.1. The van der Waals surface area contributed by atoms with Crippen LogP contribution in [0, 0.1) is 13.8 Å². The maximum Gasteiger partial charge on any atom is 0.297 e. The van der Waals surface area contributed by atoms with Crippen molar-refractivity contribution in [1.82, 2.24) is 0 Å². The minimum absolute atomic E-state index is 0.0398.